The first-order valence-corrected chi connectivity index (χ1v) is 7.59. The van der Waals surface area contributed by atoms with Gasteiger partial charge in [-0.2, -0.15) is 0 Å². The summed E-state index contributed by atoms with van der Waals surface area (Å²) in [6, 6.07) is 10.7. The van der Waals surface area contributed by atoms with E-state index in [1.165, 1.54) is 12.1 Å². The van der Waals surface area contributed by atoms with E-state index < -0.39 is 23.9 Å². The summed E-state index contributed by atoms with van der Waals surface area (Å²) in [6.45, 7) is 0. The van der Waals surface area contributed by atoms with Gasteiger partial charge in [-0.25, -0.2) is 0 Å². The second kappa shape index (κ2) is 7.34. The number of anilines is 1. The molecule has 0 saturated heterocycles. The highest BCUT2D eigenvalue weighted by Gasteiger charge is 2.31. The van der Waals surface area contributed by atoms with Gasteiger partial charge in [-0.1, -0.05) is 0 Å². The number of halogens is 3. The molecule has 3 aromatic rings. The summed E-state index contributed by atoms with van der Waals surface area (Å²) < 4.78 is 40.2. The lowest BCUT2D eigenvalue weighted by Gasteiger charge is -2.09. The van der Waals surface area contributed by atoms with Crippen molar-refractivity contribution in [3.63, 3.8) is 0 Å². The number of hydrogen-bond acceptors (Lipinski definition) is 6. The lowest BCUT2D eigenvalue weighted by Crippen LogP contribution is -2.17. The van der Waals surface area contributed by atoms with Crippen LogP contribution in [0.4, 0.5) is 18.9 Å². The van der Waals surface area contributed by atoms with Crippen LogP contribution in [0.2, 0.25) is 0 Å². The Kier molecular flexibility index (Phi) is 4.94. The molecule has 0 fully saturated rings. The molecule has 2 amide bonds. The van der Waals surface area contributed by atoms with E-state index in [0.717, 1.165) is 16.9 Å². The second-order valence-corrected chi connectivity index (χ2v) is 5.34. The molecule has 2 aromatic carbocycles. The summed E-state index contributed by atoms with van der Waals surface area (Å²) in [5, 5.41) is 13.5. The number of ether oxygens (including phenoxy) is 1. The smallest absolute Gasteiger partial charge is 0.406 e. The van der Waals surface area contributed by atoms with Gasteiger partial charge < -0.3 is 15.8 Å². The van der Waals surface area contributed by atoms with Crippen molar-refractivity contribution in [2.45, 2.75) is 6.36 Å². The molecule has 0 aliphatic heterocycles. The van der Waals surface area contributed by atoms with Gasteiger partial charge in [0.1, 0.15) is 5.75 Å². The number of nitrogens with one attached hydrogen (secondary N) is 1. The lowest BCUT2D eigenvalue weighted by atomic mass is 10.2. The molecule has 9 nitrogen and oxygen atoms in total. The Morgan fingerprint density at radius 3 is 2.21 bits per heavy atom. The lowest BCUT2D eigenvalue weighted by molar-refractivity contribution is -0.274. The predicted molar refractivity (Wildman–Crippen MR) is 88.8 cm³/mol. The molecule has 0 unspecified atom stereocenters. The number of nitrogens with zero attached hydrogens (tertiary/aromatic N) is 4. The maximum Gasteiger partial charge on any atom is 0.573 e. The third-order valence-corrected chi connectivity index (χ3v) is 3.34. The van der Waals surface area contributed by atoms with E-state index in [0.29, 0.717) is 11.4 Å². The molecule has 0 aliphatic carbocycles. The SMILES string of the molecule is NC(=O)c1nnn(-c2ccc(NC(=O)c3ccc(OC(F)(F)F)cc3)cc2)n1. The fourth-order valence-electron chi connectivity index (χ4n) is 2.11. The van der Waals surface area contributed by atoms with Gasteiger partial charge in [0.05, 0.1) is 5.69 Å². The van der Waals surface area contributed by atoms with E-state index in [1.54, 1.807) is 24.3 Å². The van der Waals surface area contributed by atoms with Gasteiger partial charge in [-0.05, 0) is 53.7 Å². The summed E-state index contributed by atoms with van der Waals surface area (Å²) in [7, 11) is 0. The Morgan fingerprint density at radius 1 is 1.04 bits per heavy atom. The van der Waals surface area contributed by atoms with Crippen LogP contribution in [0.5, 0.6) is 5.75 Å². The molecule has 1 aromatic heterocycles. The molecule has 12 heteroatoms. The van der Waals surface area contributed by atoms with Gasteiger partial charge in [0.15, 0.2) is 0 Å². The molecule has 0 atom stereocenters. The van der Waals surface area contributed by atoms with Crippen LogP contribution >= 0.6 is 0 Å². The predicted octanol–water partition coefficient (Wildman–Crippen LogP) is 1.91. The molecule has 3 N–H and O–H groups in total. The number of primary amides is 1. The van der Waals surface area contributed by atoms with Crippen LogP contribution in [0.15, 0.2) is 48.5 Å². The van der Waals surface area contributed by atoms with Crippen molar-refractivity contribution in [3.8, 4) is 11.4 Å². The van der Waals surface area contributed by atoms with Crippen molar-refractivity contribution in [3.05, 3.63) is 59.9 Å². The summed E-state index contributed by atoms with van der Waals surface area (Å²) in [5.41, 5.74) is 6.07. The molecule has 144 valence electrons. The van der Waals surface area contributed by atoms with Gasteiger partial charge >= 0.3 is 6.36 Å². The normalized spacial score (nSPS) is 11.1. The summed E-state index contributed by atoms with van der Waals surface area (Å²) >= 11 is 0. The zero-order valence-corrected chi connectivity index (χ0v) is 13.8. The number of tetrazole rings is 1. The van der Waals surface area contributed by atoms with Crippen LogP contribution in [0.3, 0.4) is 0 Å². The van der Waals surface area contributed by atoms with Crippen LogP contribution in [0, 0.1) is 0 Å². The van der Waals surface area contributed by atoms with Gasteiger partial charge in [-0.15, -0.1) is 28.2 Å². The minimum atomic E-state index is -4.80. The quantitative estimate of drug-likeness (QED) is 0.683. The molecule has 0 saturated carbocycles. The first kappa shape index (κ1) is 18.8. The third kappa shape index (κ3) is 4.60. The maximum atomic E-state index is 12.2. The topological polar surface area (TPSA) is 125 Å². The highest BCUT2D eigenvalue weighted by atomic mass is 19.4. The van der Waals surface area contributed by atoms with Gasteiger partial charge in [0.25, 0.3) is 17.6 Å². The Hall–Kier alpha value is -3.96. The first-order valence-electron chi connectivity index (χ1n) is 7.59. The highest BCUT2D eigenvalue weighted by Crippen LogP contribution is 2.23. The molecule has 28 heavy (non-hydrogen) atoms. The van der Waals surface area contributed by atoms with E-state index >= 15 is 0 Å². The van der Waals surface area contributed by atoms with E-state index in [1.807, 2.05) is 0 Å². The van der Waals surface area contributed by atoms with E-state index in [4.69, 9.17) is 5.73 Å². The number of alkyl halides is 3. The maximum absolute atomic E-state index is 12.2. The van der Waals surface area contributed by atoms with E-state index in [9.17, 15) is 22.8 Å². The average Bonchev–Trinajstić information content (AvgIpc) is 3.12. The number of benzene rings is 2. The highest BCUT2D eigenvalue weighted by molar-refractivity contribution is 6.04. The van der Waals surface area contributed by atoms with Crippen molar-refractivity contribution in [1.82, 2.24) is 20.2 Å². The summed E-state index contributed by atoms with van der Waals surface area (Å²) in [5.74, 6) is -2.01. The number of hydrogen-bond donors (Lipinski definition) is 2. The zero-order valence-electron chi connectivity index (χ0n) is 13.8. The van der Waals surface area contributed by atoms with E-state index in [-0.39, 0.29) is 11.4 Å². The molecule has 1 heterocycles. The fourth-order valence-corrected chi connectivity index (χ4v) is 2.11. The molecular formula is C16H11F3N6O3. The molecule has 0 bridgehead atoms. The second-order valence-electron chi connectivity index (χ2n) is 5.34. The Bertz CT molecular complexity index is 1000. The number of aromatic nitrogens is 4. The number of carbonyl (C=O) groups is 2. The number of nitrogens with two attached hydrogens (primary N) is 1. The average molecular weight is 392 g/mol. The molecule has 0 spiro atoms. The Balaban J connectivity index is 1.66. The largest absolute Gasteiger partial charge is 0.573 e. The number of amides is 2. The minimum Gasteiger partial charge on any atom is -0.406 e. The Labute approximate surface area is 154 Å². The van der Waals surface area contributed by atoms with Gasteiger partial charge in [-0.3, -0.25) is 9.59 Å². The van der Waals surface area contributed by atoms with Crippen molar-refractivity contribution in [2.75, 3.05) is 5.32 Å². The van der Waals surface area contributed by atoms with Crippen molar-refractivity contribution in [2.24, 2.45) is 5.73 Å². The third-order valence-electron chi connectivity index (χ3n) is 3.34. The Morgan fingerprint density at radius 2 is 1.68 bits per heavy atom. The van der Waals surface area contributed by atoms with Crippen LogP contribution in [0.1, 0.15) is 21.0 Å². The van der Waals surface area contributed by atoms with Crippen LogP contribution < -0.4 is 15.8 Å². The first-order chi connectivity index (χ1) is 13.2. The standard InChI is InChI=1S/C16H11F3N6O3/c17-16(18,19)28-12-7-1-9(2-8-12)15(27)21-10-3-5-11(6-4-10)25-23-14(13(20)26)22-24-25/h1-8H,(H2,20,26)(H,21,27). The van der Waals surface area contributed by atoms with Crippen LogP contribution in [-0.4, -0.2) is 38.4 Å². The van der Waals surface area contributed by atoms with Crippen LogP contribution in [-0.2, 0) is 0 Å². The molecule has 3 rings (SSSR count). The van der Waals surface area contributed by atoms with Crippen molar-refractivity contribution in [1.29, 1.82) is 0 Å². The molecular weight excluding hydrogens is 381 g/mol. The van der Waals surface area contributed by atoms with Crippen molar-refractivity contribution < 1.29 is 27.5 Å². The zero-order chi connectivity index (χ0) is 20.3. The summed E-state index contributed by atoms with van der Waals surface area (Å²) in [4.78, 5) is 24.2. The van der Waals surface area contributed by atoms with Gasteiger partial charge in [0, 0.05) is 11.3 Å². The minimum absolute atomic E-state index is 0.141. The summed E-state index contributed by atoms with van der Waals surface area (Å²) in [6.07, 6.45) is -4.80. The number of carbonyl (C=O) groups excluding carboxylic acids is 2. The number of rotatable bonds is 5. The van der Waals surface area contributed by atoms with E-state index in [2.05, 4.69) is 25.5 Å². The van der Waals surface area contributed by atoms with Gasteiger partial charge in [0.2, 0.25) is 0 Å². The van der Waals surface area contributed by atoms with Crippen molar-refractivity contribution >= 4 is 17.5 Å². The molecule has 0 aliphatic rings. The molecule has 0 radical (unpaired) electrons. The fraction of sp³-hybridized carbons (Fsp3) is 0.0625. The van der Waals surface area contributed by atoms with Crippen LogP contribution in [0.25, 0.3) is 5.69 Å². The monoisotopic (exact) mass is 392 g/mol.